The third-order valence-electron chi connectivity index (χ3n) is 4.74. The van der Waals surface area contributed by atoms with Gasteiger partial charge >= 0.3 is 0 Å². The van der Waals surface area contributed by atoms with E-state index >= 15 is 0 Å². The van der Waals surface area contributed by atoms with Crippen LogP contribution in [0, 0.1) is 11.3 Å². The summed E-state index contributed by atoms with van der Waals surface area (Å²) in [6, 6.07) is 7.83. The van der Waals surface area contributed by atoms with Gasteiger partial charge in [0.1, 0.15) is 0 Å². The number of carbonyl (C=O) groups excluding carboxylic acids is 1. The zero-order valence-corrected chi connectivity index (χ0v) is 17.4. The molecule has 0 fully saturated rings. The lowest BCUT2D eigenvalue weighted by atomic mass is 9.96. The summed E-state index contributed by atoms with van der Waals surface area (Å²) in [5.74, 6) is 2.32. The minimum atomic E-state index is -0.517. The van der Waals surface area contributed by atoms with Crippen molar-refractivity contribution >= 4 is 22.8 Å². The van der Waals surface area contributed by atoms with E-state index < -0.39 is 5.41 Å². The number of anilines is 1. The van der Waals surface area contributed by atoms with Crippen LogP contribution in [0.3, 0.4) is 0 Å². The van der Waals surface area contributed by atoms with E-state index in [4.69, 9.17) is 9.47 Å². The quantitative estimate of drug-likeness (QED) is 0.706. The zero-order chi connectivity index (χ0) is 20.8. The molecule has 1 aliphatic heterocycles. The maximum absolute atomic E-state index is 12.6. The number of amides is 1. The van der Waals surface area contributed by atoms with Gasteiger partial charge in [-0.05, 0) is 29.7 Å². The highest BCUT2D eigenvalue weighted by atomic mass is 16.7. The highest BCUT2D eigenvalue weighted by Gasteiger charge is 2.24. The number of benzene rings is 1. The van der Waals surface area contributed by atoms with E-state index in [-0.39, 0.29) is 12.7 Å². The van der Waals surface area contributed by atoms with Crippen LogP contribution in [-0.4, -0.2) is 27.5 Å². The maximum Gasteiger partial charge on any atom is 0.231 e. The molecule has 0 saturated carbocycles. The van der Waals surface area contributed by atoms with E-state index in [1.807, 2.05) is 55.9 Å². The highest BCUT2D eigenvalue weighted by Crippen LogP contribution is 2.37. The second kappa shape index (κ2) is 7.06. The Balaban J connectivity index is 1.79. The largest absolute Gasteiger partial charge is 0.454 e. The molecule has 1 aromatic carbocycles. The smallest absolute Gasteiger partial charge is 0.231 e. The van der Waals surface area contributed by atoms with Gasteiger partial charge in [-0.2, -0.15) is 5.10 Å². The van der Waals surface area contributed by atoms with E-state index in [1.54, 1.807) is 0 Å². The van der Waals surface area contributed by atoms with Crippen molar-refractivity contribution in [3.05, 3.63) is 30.5 Å². The van der Waals surface area contributed by atoms with Crippen LogP contribution in [0.4, 0.5) is 5.82 Å². The van der Waals surface area contributed by atoms with Crippen LogP contribution in [-0.2, 0) is 11.3 Å². The third kappa shape index (κ3) is 3.77. The summed E-state index contributed by atoms with van der Waals surface area (Å²) in [6.07, 6.45) is 1.83. The number of carbonyl (C=O) groups is 1. The molecule has 7 heteroatoms. The van der Waals surface area contributed by atoms with Crippen molar-refractivity contribution in [3.8, 4) is 22.6 Å². The molecule has 1 amide bonds. The molecule has 4 rings (SSSR count). The minimum Gasteiger partial charge on any atom is -0.454 e. The number of rotatable bonds is 4. The van der Waals surface area contributed by atoms with E-state index in [0.717, 1.165) is 40.2 Å². The predicted octanol–water partition coefficient (Wildman–Crippen LogP) is 4.47. The van der Waals surface area contributed by atoms with Gasteiger partial charge in [0.15, 0.2) is 23.0 Å². The lowest BCUT2D eigenvalue weighted by Gasteiger charge is -2.16. The fraction of sp³-hybridized carbons (Fsp3) is 0.409. The van der Waals surface area contributed by atoms with Crippen LogP contribution in [0.5, 0.6) is 11.5 Å². The second-order valence-electron chi connectivity index (χ2n) is 8.79. The SMILES string of the molecule is CC(C)Cn1nc(NC(=O)C(C)(C)C)c2cc(-c3ccc4c(c3)OCO4)cnc21. The van der Waals surface area contributed by atoms with Crippen LogP contribution >= 0.6 is 0 Å². The van der Waals surface area contributed by atoms with Crippen molar-refractivity contribution in [1.29, 1.82) is 0 Å². The van der Waals surface area contributed by atoms with E-state index in [2.05, 4.69) is 29.2 Å². The Morgan fingerprint density at radius 1 is 1.17 bits per heavy atom. The lowest BCUT2D eigenvalue weighted by Crippen LogP contribution is -2.28. The molecule has 0 saturated heterocycles. The predicted molar refractivity (Wildman–Crippen MR) is 112 cm³/mol. The molecule has 0 bridgehead atoms. The zero-order valence-electron chi connectivity index (χ0n) is 17.4. The molecular formula is C22H26N4O3. The molecule has 0 unspecified atom stereocenters. The van der Waals surface area contributed by atoms with Gasteiger partial charge in [-0.15, -0.1) is 0 Å². The first-order valence-electron chi connectivity index (χ1n) is 9.80. The van der Waals surface area contributed by atoms with Crippen molar-refractivity contribution in [2.45, 2.75) is 41.2 Å². The molecule has 152 valence electrons. The van der Waals surface area contributed by atoms with Gasteiger partial charge in [0.05, 0.1) is 5.39 Å². The number of fused-ring (bicyclic) bond motifs is 2. The average molecular weight is 394 g/mol. The first-order chi connectivity index (χ1) is 13.7. The summed E-state index contributed by atoms with van der Waals surface area (Å²) >= 11 is 0. The summed E-state index contributed by atoms with van der Waals surface area (Å²) in [5, 5.41) is 8.45. The second-order valence-corrected chi connectivity index (χ2v) is 8.79. The molecule has 1 aliphatic rings. The molecule has 3 heterocycles. The number of hydrogen-bond donors (Lipinski definition) is 1. The lowest BCUT2D eigenvalue weighted by molar-refractivity contribution is -0.123. The summed E-state index contributed by atoms with van der Waals surface area (Å²) in [7, 11) is 0. The maximum atomic E-state index is 12.6. The fourth-order valence-corrected chi connectivity index (χ4v) is 3.15. The van der Waals surface area contributed by atoms with Crippen molar-refractivity contribution in [1.82, 2.24) is 14.8 Å². The molecule has 0 radical (unpaired) electrons. The van der Waals surface area contributed by atoms with Gasteiger partial charge in [0, 0.05) is 23.7 Å². The van der Waals surface area contributed by atoms with Gasteiger partial charge in [-0.3, -0.25) is 4.79 Å². The van der Waals surface area contributed by atoms with E-state index in [0.29, 0.717) is 11.7 Å². The summed E-state index contributed by atoms with van der Waals surface area (Å²) in [6.45, 7) is 10.9. The van der Waals surface area contributed by atoms with Crippen LogP contribution in [0.1, 0.15) is 34.6 Å². The molecule has 0 aliphatic carbocycles. The van der Waals surface area contributed by atoms with Gasteiger partial charge in [-0.1, -0.05) is 40.7 Å². The normalized spacial score (nSPS) is 13.3. The Morgan fingerprint density at radius 3 is 2.66 bits per heavy atom. The topological polar surface area (TPSA) is 78.3 Å². The molecule has 29 heavy (non-hydrogen) atoms. The Labute approximate surface area is 170 Å². The number of ether oxygens (including phenoxy) is 2. The monoisotopic (exact) mass is 394 g/mol. The Bertz CT molecular complexity index is 1080. The Hall–Kier alpha value is -3.09. The molecule has 1 N–H and O–H groups in total. The van der Waals surface area contributed by atoms with Gasteiger partial charge < -0.3 is 14.8 Å². The number of nitrogens with zero attached hydrogens (tertiary/aromatic N) is 3. The van der Waals surface area contributed by atoms with Crippen molar-refractivity contribution in [2.24, 2.45) is 11.3 Å². The molecule has 3 aromatic rings. The van der Waals surface area contributed by atoms with Gasteiger partial charge in [0.2, 0.25) is 12.7 Å². The molecular weight excluding hydrogens is 368 g/mol. The highest BCUT2D eigenvalue weighted by molar-refractivity contribution is 6.01. The van der Waals surface area contributed by atoms with Crippen LogP contribution in [0.25, 0.3) is 22.2 Å². The van der Waals surface area contributed by atoms with Crippen molar-refractivity contribution in [3.63, 3.8) is 0 Å². The number of aromatic nitrogens is 3. The minimum absolute atomic E-state index is 0.0814. The van der Waals surface area contributed by atoms with Crippen LogP contribution in [0.15, 0.2) is 30.5 Å². The summed E-state index contributed by atoms with van der Waals surface area (Å²) in [5.41, 5.74) is 2.13. The summed E-state index contributed by atoms with van der Waals surface area (Å²) in [4.78, 5) is 17.3. The van der Waals surface area contributed by atoms with Gasteiger partial charge in [-0.25, -0.2) is 9.67 Å². The van der Waals surface area contributed by atoms with Crippen LogP contribution < -0.4 is 14.8 Å². The fourth-order valence-electron chi connectivity index (χ4n) is 3.15. The number of nitrogens with one attached hydrogen (secondary N) is 1. The standard InChI is InChI=1S/C22H26N4O3/c1-13(2)11-26-20-16(19(25-26)24-21(27)22(3,4)5)8-15(10-23-20)14-6-7-17-18(9-14)29-12-28-17/h6-10,13H,11-12H2,1-5H3,(H,24,25,27). The van der Waals surface area contributed by atoms with Crippen LogP contribution in [0.2, 0.25) is 0 Å². The summed E-state index contributed by atoms with van der Waals surface area (Å²) < 4.78 is 12.8. The number of hydrogen-bond acceptors (Lipinski definition) is 5. The average Bonchev–Trinajstić information content (AvgIpc) is 3.24. The van der Waals surface area contributed by atoms with E-state index in [1.165, 1.54) is 0 Å². The first-order valence-corrected chi connectivity index (χ1v) is 9.80. The molecule has 0 spiro atoms. The Morgan fingerprint density at radius 2 is 1.93 bits per heavy atom. The Kier molecular flexibility index (Phi) is 4.68. The molecule has 0 atom stereocenters. The molecule has 7 nitrogen and oxygen atoms in total. The third-order valence-corrected chi connectivity index (χ3v) is 4.74. The molecule has 2 aromatic heterocycles. The van der Waals surface area contributed by atoms with E-state index in [9.17, 15) is 4.79 Å². The van der Waals surface area contributed by atoms with Gasteiger partial charge in [0.25, 0.3) is 0 Å². The van der Waals surface area contributed by atoms with Crippen molar-refractivity contribution in [2.75, 3.05) is 12.1 Å². The number of pyridine rings is 1. The van der Waals surface area contributed by atoms with Crippen molar-refractivity contribution < 1.29 is 14.3 Å². The first kappa shape index (κ1) is 19.2.